The van der Waals surface area contributed by atoms with Gasteiger partial charge in [-0.1, -0.05) is 0 Å². The summed E-state index contributed by atoms with van der Waals surface area (Å²) in [6.07, 6.45) is -105. The molecule has 11 heterocycles. The lowest BCUT2D eigenvalue weighted by atomic mass is 9.93. The van der Waals surface area contributed by atoms with E-state index in [0.717, 1.165) is 41.5 Å². The lowest BCUT2D eigenvalue weighted by Crippen LogP contribution is -2.71. The van der Waals surface area contributed by atoms with Crippen LogP contribution in [-0.2, 0) is 128 Å². The molecule has 0 spiro atoms. The van der Waals surface area contributed by atoms with Gasteiger partial charge in [0, 0.05) is 41.5 Å². The molecule has 0 aromatic heterocycles. The summed E-state index contributed by atoms with van der Waals surface area (Å²) in [6.45, 7) is -4.57. The van der Waals surface area contributed by atoms with Crippen LogP contribution in [0.25, 0.3) is 0 Å². The second kappa shape index (κ2) is 50.0. The molecule has 0 unspecified atom stereocenters. The van der Waals surface area contributed by atoms with E-state index in [9.17, 15) is 172 Å². The van der Waals surface area contributed by atoms with Crippen LogP contribution < -0.4 is 31.9 Å². The minimum Gasteiger partial charge on any atom is -0.394 e. The van der Waals surface area contributed by atoms with E-state index in [-0.39, 0.29) is 0 Å². The van der Waals surface area contributed by atoms with E-state index in [1.165, 1.54) is 6.92 Å². The smallest absolute Gasteiger partial charge is 0.217 e. The number of aliphatic hydroxyl groups excluding tert-OH is 28. The maximum atomic E-state index is 13.5. The molecule has 55 atom stereocenters. The molecule has 61 heteroatoms. The predicted octanol–water partition coefficient (Wildman–Crippen LogP) is -23.1. The summed E-state index contributed by atoms with van der Waals surface area (Å²) in [4.78, 5) is 77.6. The Bertz CT molecular complexity index is 3900. The van der Waals surface area contributed by atoms with Gasteiger partial charge in [0.15, 0.2) is 69.2 Å². The fourth-order valence-corrected chi connectivity index (χ4v) is 18.0. The topological polar surface area (TPSA) is 935 Å². The number of rotatable bonds is 36. The number of nitrogens with one attached hydrogen (secondary N) is 6. The number of hydrogen-bond acceptors (Lipinski definition) is 55. The summed E-state index contributed by atoms with van der Waals surface area (Å²) in [5.74, 6) is -5.69. The van der Waals surface area contributed by atoms with E-state index < -0.39 is 439 Å². The Morgan fingerprint density at radius 3 is 0.885 bits per heavy atom. The monoisotopic (exact) mass is 2030 g/mol. The third-order valence-electron chi connectivity index (χ3n) is 25.3. The standard InChI is InChI=1S/C78H130N6O55/c1-18-41(98)54(111)57(114)74(122-18)120-17-34-64(51(108)35(68(118)123-34)79-19(2)92)134-72-39(83-23(6)96)52(109)62(30(13-90)128-72)136-76-60(117)65(47(104)33(131-76)16-121-77-66(138-71-38(82-22(5)95)50(107)44(101)27(10-87)126-71)56(113)46(103)32(132-77)15-119-69-36(80-20(3)93)48(105)42(99)25(8-85)124-69)137-78-67(59(116)63(31(14-91)130-78)133-70-37(81-21(4)94)49(106)43(100)26(9-86)125-70)139-73-40(84-24(7)97)53(110)61(29(12-89)129-73)135-75-58(115)55(112)45(102)28(11-88)127-75/h18,25-78,85-91,98-118H,8-17H2,1-7H3,(H,79,92)(H,80,93)(H,81,94)(H,82,95)(H,83,96)(H,84,97)/t18-,25-,26-,27-,28-,29-,30-,31-,32-,33-,34-,35-,36-,37-,38-,39-,40-,41+,42-,43-,44-,45+,46-,47-,48-,49-,50-,51-,52-,53-,54-,55+,56+,57-,58-,59+,60+,61-,62-,63-,64-,65+,66+,67+,68-,69-,70+,71+,72+,73+,74+,75+,76+,77+,78-/m1/s1. The summed E-state index contributed by atoms with van der Waals surface area (Å²) in [5.41, 5.74) is 0. The number of carbonyl (C=O) groups excluding carboxylic acids is 6. The minimum atomic E-state index is -2.78. The van der Waals surface area contributed by atoms with Crippen LogP contribution in [0.3, 0.4) is 0 Å². The van der Waals surface area contributed by atoms with Crippen LogP contribution in [0.1, 0.15) is 48.5 Å². The molecule has 11 aliphatic heterocycles. The highest BCUT2D eigenvalue weighted by Gasteiger charge is 2.63. The first-order valence-corrected chi connectivity index (χ1v) is 44.5. The predicted molar refractivity (Wildman–Crippen MR) is 430 cm³/mol. The number of ether oxygens (including phenoxy) is 21. The summed E-state index contributed by atoms with van der Waals surface area (Å²) in [6, 6.07) is -11.5. The van der Waals surface area contributed by atoms with Gasteiger partial charge in [0.2, 0.25) is 35.4 Å². The molecule has 0 aromatic carbocycles. The van der Waals surface area contributed by atoms with Gasteiger partial charge >= 0.3 is 0 Å². The number of aliphatic hydroxyl groups is 28. The lowest BCUT2D eigenvalue weighted by Gasteiger charge is -2.52. The number of hydrogen-bond donors (Lipinski definition) is 34. The molecule has 6 amide bonds. The third-order valence-corrected chi connectivity index (χ3v) is 25.3. The second-order valence-corrected chi connectivity index (χ2v) is 35.3. The zero-order chi connectivity index (χ0) is 102. The van der Waals surface area contributed by atoms with Gasteiger partial charge in [0.1, 0.15) is 262 Å². The molecule has 0 aliphatic carbocycles. The largest absolute Gasteiger partial charge is 0.394 e. The van der Waals surface area contributed by atoms with Crippen molar-refractivity contribution in [1.29, 1.82) is 0 Å². The second-order valence-electron chi connectivity index (χ2n) is 35.3. The van der Waals surface area contributed by atoms with Crippen LogP contribution in [0.2, 0.25) is 0 Å². The van der Waals surface area contributed by atoms with Crippen LogP contribution >= 0.6 is 0 Å². The summed E-state index contributed by atoms with van der Waals surface area (Å²) in [7, 11) is 0. The van der Waals surface area contributed by atoms with Crippen molar-refractivity contribution in [3.05, 3.63) is 0 Å². The van der Waals surface area contributed by atoms with Crippen molar-refractivity contribution >= 4 is 35.4 Å². The van der Waals surface area contributed by atoms with Gasteiger partial charge in [-0.15, -0.1) is 0 Å². The van der Waals surface area contributed by atoms with Crippen LogP contribution in [0.4, 0.5) is 0 Å². The average molecular weight is 2030 g/mol. The summed E-state index contributed by atoms with van der Waals surface area (Å²) >= 11 is 0. The first-order valence-electron chi connectivity index (χ1n) is 44.5. The Kier molecular flexibility index (Phi) is 41.1. The molecule has 34 N–H and O–H groups in total. The SMILES string of the molecule is CC(=O)N[C@@H]1[C@@H](O)[C@H](O[C@@H]2O[C@H](CO)[C@@H](O[C@@H]3O[C@H](CO[C@H]4O[C@H](CO[C@@H]5O[C@H](CO)[C@@H](O)[C@H](O)[C@H]5NC(C)=O)[C@@H](O)[C@H](O)[C@@H]4O[C@@H]4O[C@H](CO)[C@@H](O)[C@H](O)[C@H]4NC(C)=O)[C@@H](O)[C@H](O[C@H]4O[C@H](CO)[C@@H](O[C@@H]5O[C@H](CO)[C@@H](O)[C@H](O)[C@H]5NC(C)=O)[C@H](O)[C@@H]4O[C@@H]4O[C@H](CO)[C@@H](O[C@@H]5O[C@H](CO)[C@H](O)[C@H](O)[C@H]5O)[C@H](O)[C@H]4NC(C)=O)[C@@H]3O)[C@H](O)[C@H]2NC(C)=O)[C@@H](CO[C@H]2O[C@H](C)[C@H](O)[C@@H](O)[C@H]2O)O[C@H]1O. The quantitative estimate of drug-likeness (QED) is 0.0277. The highest BCUT2D eigenvalue weighted by atomic mass is 16.8. The fraction of sp³-hybridized carbons (Fsp3) is 0.923. The van der Waals surface area contributed by atoms with Crippen LogP contribution in [0.5, 0.6) is 0 Å². The third kappa shape index (κ3) is 26.0. The van der Waals surface area contributed by atoms with Crippen molar-refractivity contribution in [2.75, 3.05) is 66.1 Å². The molecule has 802 valence electrons. The zero-order valence-corrected chi connectivity index (χ0v) is 75.4. The van der Waals surface area contributed by atoms with Gasteiger partial charge in [0.25, 0.3) is 0 Å². The molecule has 11 rings (SSSR count). The van der Waals surface area contributed by atoms with Crippen LogP contribution in [0.15, 0.2) is 0 Å². The van der Waals surface area contributed by atoms with Gasteiger partial charge in [-0.2, -0.15) is 0 Å². The van der Waals surface area contributed by atoms with Gasteiger partial charge in [0.05, 0.1) is 72.2 Å². The molecular weight excluding hydrogens is 1900 g/mol. The van der Waals surface area contributed by atoms with E-state index in [2.05, 4.69) is 31.9 Å². The van der Waals surface area contributed by atoms with Gasteiger partial charge in [-0.25, -0.2) is 0 Å². The molecule has 11 fully saturated rings. The summed E-state index contributed by atoms with van der Waals surface area (Å²) < 4.78 is 127. The van der Waals surface area contributed by atoms with Crippen molar-refractivity contribution in [3.63, 3.8) is 0 Å². The molecule has 0 saturated carbocycles. The van der Waals surface area contributed by atoms with E-state index in [1.54, 1.807) is 0 Å². The van der Waals surface area contributed by atoms with Gasteiger partial charge in [-0.05, 0) is 6.92 Å². The Hall–Kier alpha value is -5.14. The molecule has 0 bridgehead atoms. The van der Waals surface area contributed by atoms with Crippen molar-refractivity contribution < 1.29 is 271 Å². The fourth-order valence-electron chi connectivity index (χ4n) is 18.0. The van der Waals surface area contributed by atoms with E-state index >= 15 is 0 Å². The van der Waals surface area contributed by atoms with Crippen molar-refractivity contribution in [3.8, 4) is 0 Å². The number of amides is 6. The first-order chi connectivity index (χ1) is 65.6. The van der Waals surface area contributed by atoms with Crippen molar-refractivity contribution in [2.45, 2.75) is 386 Å². The minimum absolute atomic E-state index is 0.841. The average Bonchev–Trinajstić information content (AvgIpc) is 0.769. The normalized spacial score (nSPS) is 48.3. The van der Waals surface area contributed by atoms with Crippen molar-refractivity contribution in [2.24, 2.45) is 0 Å². The summed E-state index contributed by atoms with van der Waals surface area (Å²) in [5, 5.41) is 333. The highest BCUT2D eigenvalue weighted by molar-refractivity contribution is 5.75. The first kappa shape index (κ1) is 114. The van der Waals surface area contributed by atoms with Crippen LogP contribution in [-0.4, -0.2) is 582 Å². The highest BCUT2D eigenvalue weighted by Crippen LogP contribution is 2.42. The lowest BCUT2D eigenvalue weighted by molar-refractivity contribution is -0.405. The molecule has 11 saturated heterocycles. The van der Waals surface area contributed by atoms with E-state index in [1.807, 2.05) is 0 Å². The van der Waals surface area contributed by atoms with Gasteiger partial charge < -0.3 is 274 Å². The number of carbonyl (C=O) groups is 6. The van der Waals surface area contributed by atoms with E-state index in [0.29, 0.717) is 0 Å². The van der Waals surface area contributed by atoms with Gasteiger partial charge in [-0.3, -0.25) is 28.8 Å². The molecule has 139 heavy (non-hydrogen) atoms. The molecule has 61 nitrogen and oxygen atoms in total. The maximum absolute atomic E-state index is 13.5. The molecular formula is C78H130N6O55. The Balaban J connectivity index is 1.00. The Labute approximate surface area is 788 Å². The molecule has 11 aliphatic rings. The van der Waals surface area contributed by atoms with Crippen LogP contribution in [0, 0.1) is 0 Å². The molecule has 0 aromatic rings. The maximum Gasteiger partial charge on any atom is 0.217 e. The zero-order valence-electron chi connectivity index (χ0n) is 75.4. The van der Waals surface area contributed by atoms with Crippen molar-refractivity contribution in [1.82, 2.24) is 31.9 Å². The van der Waals surface area contributed by atoms with E-state index in [4.69, 9.17) is 99.5 Å². The Morgan fingerprint density at radius 2 is 0.460 bits per heavy atom. The Morgan fingerprint density at radius 1 is 0.201 bits per heavy atom. The molecule has 0 radical (unpaired) electrons.